The molecule has 2 rings (SSSR count). The largest absolute Gasteiger partial charge is 0.487 e. The van der Waals surface area contributed by atoms with Gasteiger partial charge in [-0.1, -0.05) is 36.4 Å². The summed E-state index contributed by atoms with van der Waals surface area (Å²) in [5.41, 5.74) is 0. The second kappa shape index (κ2) is 12.7. The van der Waals surface area contributed by atoms with Crippen molar-refractivity contribution in [1.82, 2.24) is 0 Å². The predicted molar refractivity (Wildman–Crippen MR) is 118 cm³/mol. The number of para-hydroxylation sites is 1. The van der Waals surface area contributed by atoms with Crippen LogP contribution in [-0.2, 0) is 9.53 Å². The molecule has 1 aliphatic rings. The Morgan fingerprint density at radius 2 is 1.91 bits per heavy atom. The number of halogens is 2. The molecule has 32 heavy (non-hydrogen) atoms. The fraction of sp³-hybridized carbons (Fsp3) is 0.560. The van der Waals surface area contributed by atoms with Crippen molar-refractivity contribution in [2.45, 2.75) is 70.2 Å². The number of carbonyl (C=O) groups excluding carboxylic acids is 1. The zero-order valence-corrected chi connectivity index (χ0v) is 18.7. The number of alkyl halides is 2. The molecule has 4 atom stereocenters. The zero-order chi connectivity index (χ0) is 23.6. The molecule has 1 fully saturated rings. The highest BCUT2D eigenvalue weighted by Crippen LogP contribution is 2.37. The number of allylic oxidation sites excluding steroid dienone is 2. The van der Waals surface area contributed by atoms with Crippen LogP contribution in [0.25, 0.3) is 0 Å². The number of esters is 1. The third-order valence-electron chi connectivity index (χ3n) is 5.35. The molecule has 178 valence electrons. The van der Waals surface area contributed by atoms with Crippen LogP contribution in [0, 0.1) is 11.8 Å². The van der Waals surface area contributed by atoms with E-state index in [-0.39, 0.29) is 24.4 Å². The van der Waals surface area contributed by atoms with Gasteiger partial charge in [0.25, 0.3) is 5.92 Å². The maximum atomic E-state index is 14.2. The number of aliphatic hydroxyl groups excluding tert-OH is 2. The monoisotopic (exact) mass is 452 g/mol. The maximum absolute atomic E-state index is 14.2. The SMILES string of the molecule is CC(C)OC(=O)CCCC=CC[C@@H]1[C@H](C=CC(F)(F)COc2ccccc2)[C@H](O)C[C@H]1O. The zero-order valence-electron chi connectivity index (χ0n) is 18.7. The van der Waals surface area contributed by atoms with Crippen LogP contribution < -0.4 is 4.74 Å². The van der Waals surface area contributed by atoms with E-state index in [1.165, 1.54) is 6.08 Å². The third kappa shape index (κ3) is 9.09. The number of hydrogen-bond donors (Lipinski definition) is 2. The second-order valence-electron chi connectivity index (χ2n) is 8.47. The van der Waals surface area contributed by atoms with Gasteiger partial charge in [0, 0.05) is 18.8 Å². The summed E-state index contributed by atoms with van der Waals surface area (Å²) in [4.78, 5) is 11.5. The van der Waals surface area contributed by atoms with E-state index in [1.54, 1.807) is 44.2 Å². The highest BCUT2D eigenvalue weighted by atomic mass is 19.3. The molecule has 1 aromatic rings. The number of hydrogen-bond acceptors (Lipinski definition) is 5. The summed E-state index contributed by atoms with van der Waals surface area (Å²) in [6.45, 7) is 2.80. The molecule has 0 bridgehead atoms. The van der Waals surface area contributed by atoms with E-state index in [9.17, 15) is 23.8 Å². The standard InChI is InChI=1S/C25H34F2O5/c1-18(2)32-24(30)13-9-4-3-8-12-20-21(23(29)16-22(20)28)14-15-25(26,27)17-31-19-10-6-5-7-11-19/h3,5-8,10-11,14-15,18,20-23,28-29H,4,9,12-13,16-17H2,1-2H3/t20-,21+,22-,23-/m1/s1. The number of unbranched alkanes of at least 4 members (excludes halogenated alkanes) is 1. The van der Waals surface area contributed by atoms with Gasteiger partial charge in [0.05, 0.1) is 18.3 Å². The number of ether oxygens (including phenoxy) is 2. The van der Waals surface area contributed by atoms with Crippen LogP contribution in [0.1, 0.15) is 46.0 Å². The van der Waals surface area contributed by atoms with Gasteiger partial charge in [-0.2, -0.15) is 8.78 Å². The van der Waals surface area contributed by atoms with Crippen LogP contribution in [0.4, 0.5) is 8.78 Å². The molecular formula is C25H34F2O5. The fourth-order valence-electron chi connectivity index (χ4n) is 3.76. The molecule has 1 saturated carbocycles. The summed E-state index contributed by atoms with van der Waals surface area (Å²) in [5, 5.41) is 20.5. The number of benzene rings is 1. The average Bonchev–Trinajstić information content (AvgIpc) is 3.00. The smallest absolute Gasteiger partial charge is 0.306 e. The lowest BCUT2D eigenvalue weighted by Gasteiger charge is -2.20. The Hall–Kier alpha value is -2.25. The van der Waals surface area contributed by atoms with Gasteiger partial charge < -0.3 is 19.7 Å². The predicted octanol–water partition coefficient (Wildman–Crippen LogP) is 4.68. The molecule has 0 saturated heterocycles. The highest BCUT2D eigenvalue weighted by Gasteiger charge is 2.40. The van der Waals surface area contributed by atoms with Crippen LogP contribution in [-0.4, -0.2) is 47.0 Å². The van der Waals surface area contributed by atoms with Crippen LogP contribution in [0.5, 0.6) is 5.75 Å². The van der Waals surface area contributed by atoms with Crippen LogP contribution >= 0.6 is 0 Å². The first kappa shape index (κ1) is 26.0. The molecule has 0 unspecified atom stereocenters. The van der Waals surface area contributed by atoms with Gasteiger partial charge in [-0.25, -0.2) is 0 Å². The first-order chi connectivity index (χ1) is 15.2. The molecule has 2 N–H and O–H groups in total. The minimum absolute atomic E-state index is 0.129. The van der Waals surface area contributed by atoms with Crippen LogP contribution in [0.3, 0.4) is 0 Å². The van der Waals surface area contributed by atoms with Crippen molar-refractivity contribution in [3.8, 4) is 5.75 Å². The van der Waals surface area contributed by atoms with E-state index in [2.05, 4.69) is 0 Å². The van der Waals surface area contributed by atoms with E-state index in [0.29, 0.717) is 31.4 Å². The van der Waals surface area contributed by atoms with Crippen molar-refractivity contribution in [2.75, 3.05) is 6.61 Å². The van der Waals surface area contributed by atoms with Crippen LogP contribution in [0.2, 0.25) is 0 Å². The van der Waals surface area contributed by atoms with Gasteiger partial charge in [0.1, 0.15) is 5.75 Å². The summed E-state index contributed by atoms with van der Waals surface area (Å²) in [5.74, 6) is -4.00. The second-order valence-corrected chi connectivity index (χ2v) is 8.47. The lowest BCUT2D eigenvalue weighted by Crippen LogP contribution is -2.25. The molecule has 0 aromatic heterocycles. The third-order valence-corrected chi connectivity index (χ3v) is 5.35. The molecule has 0 aliphatic heterocycles. The van der Waals surface area contributed by atoms with E-state index in [4.69, 9.17) is 9.47 Å². The Labute approximate surface area is 188 Å². The molecule has 1 aromatic carbocycles. The quantitative estimate of drug-likeness (QED) is 0.274. The van der Waals surface area contributed by atoms with Crippen molar-refractivity contribution in [1.29, 1.82) is 0 Å². The average molecular weight is 453 g/mol. The van der Waals surface area contributed by atoms with Gasteiger partial charge in [0.2, 0.25) is 0 Å². The molecule has 0 amide bonds. The van der Waals surface area contributed by atoms with Gasteiger partial charge in [0.15, 0.2) is 6.61 Å². The molecule has 5 nitrogen and oxygen atoms in total. The lowest BCUT2D eigenvalue weighted by molar-refractivity contribution is -0.147. The van der Waals surface area contributed by atoms with Crippen molar-refractivity contribution in [2.24, 2.45) is 11.8 Å². The van der Waals surface area contributed by atoms with Crippen molar-refractivity contribution in [3.05, 3.63) is 54.6 Å². The van der Waals surface area contributed by atoms with E-state index in [0.717, 1.165) is 6.08 Å². The minimum Gasteiger partial charge on any atom is -0.487 e. The number of aliphatic hydroxyl groups is 2. The summed E-state index contributed by atoms with van der Waals surface area (Å²) in [6, 6.07) is 8.39. The number of rotatable bonds is 12. The molecule has 0 heterocycles. The van der Waals surface area contributed by atoms with Gasteiger partial charge in [-0.3, -0.25) is 4.79 Å². The Morgan fingerprint density at radius 3 is 2.59 bits per heavy atom. The van der Waals surface area contributed by atoms with Crippen LogP contribution in [0.15, 0.2) is 54.6 Å². The Morgan fingerprint density at radius 1 is 1.19 bits per heavy atom. The Balaban J connectivity index is 1.83. The summed E-state index contributed by atoms with van der Waals surface area (Å²) in [6.07, 6.45) is 6.33. The minimum atomic E-state index is -3.20. The highest BCUT2D eigenvalue weighted by molar-refractivity contribution is 5.69. The topological polar surface area (TPSA) is 76.0 Å². The summed E-state index contributed by atoms with van der Waals surface area (Å²) >= 11 is 0. The molecule has 7 heteroatoms. The Bertz CT molecular complexity index is 748. The maximum Gasteiger partial charge on any atom is 0.306 e. The van der Waals surface area contributed by atoms with E-state index in [1.807, 2.05) is 12.2 Å². The van der Waals surface area contributed by atoms with Crippen molar-refractivity contribution in [3.63, 3.8) is 0 Å². The fourth-order valence-corrected chi connectivity index (χ4v) is 3.76. The molecule has 1 aliphatic carbocycles. The van der Waals surface area contributed by atoms with E-state index >= 15 is 0 Å². The first-order valence-corrected chi connectivity index (χ1v) is 11.1. The summed E-state index contributed by atoms with van der Waals surface area (Å²) < 4.78 is 38.7. The normalized spacial score (nSPS) is 24.0. The number of carbonyl (C=O) groups is 1. The molecule has 0 spiro atoms. The molecular weight excluding hydrogens is 418 g/mol. The summed E-state index contributed by atoms with van der Waals surface area (Å²) in [7, 11) is 0. The van der Waals surface area contributed by atoms with Gasteiger partial charge in [-0.05, 0) is 57.2 Å². The molecule has 0 radical (unpaired) electrons. The van der Waals surface area contributed by atoms with Crippen molar-refractivity contribution >= 4 is 5.97 Å². The van der Waals surface area contributed by atoms with E-state index < -0.39 is 30.7 Å². The first-order valence-electron chi connectivity index (χ1n) is 11.1. The lowest BCUT2D eigenvalue weighted by atomic mass is 9.89. The Kier molecular flexibility index (Phi) is 10.3. The van der Waals surface area contributed by atoms with Gasteiger partial charge >= 0.3 is 5.97 Å². The van der Waals surface area contributed by atoms with Gasteiger partial charge in [-0.15, -0.1) is 0 Å². The van der Waals surface area contributed by atoms with Crippen molar-refractivity contribution < 1.29 is 33.3 Å².